The third kappa shape index (κ3) is 2.49. The molecule has 1 aromatic rings. The molecule has 0 fully saturated rings. The topological polar surface area (TPSA) is 58.2 Å². The Hall–Kier alpha value is -1.07. The lowest BCUT2D eigenvalue weighted by Crippen LogP contribution is -2.25. The van der Waals surface area contributed by atoms with E-state index in [1.165, 1.54) is 11.8 Å². The minimum Gasteiger partial charge on any atom is -0.312 e. The fraction of sp³-hybridized carbons (Fsp3) is 0.400. The molecule has 1 heterocycles. The van der Waals surface area contributed by atoms with E-state index in [4.69, 9.17) is 0 Å². The van der Waals surface area contributed by atoms with Gasteiger partial charge in [0, 0.05) is 6.54 Å². The van der Waals surface area contributed by atoms with Crippen molar-refractivity contribution in [2.45, 2.75) is 13.0 Å². The Bertz CT molecular complexity index is 468. The van der Waals surface area contributed by atoms with E-state index >= 15 is 0 Å². The summed E-state index contributed by atoms with van der Waals surface area (Å²) in [6.07, 6.45) is 2.12. The molecule has 2 N–H and O–H groups in total. The number of sulfonamides is 1. The molecule has 15 heavy (non-hydrogen) atoms. The Morgan fingerprint density at radius 1 is 1.40 bits per heavy atom. The zero-order chi connectivity index (χ0) is 10.9. The largest absolute Gasteiger partial charge is 0.312 e. The van der Waals surface area contributed by atoms with Gasteiger partial charge in [0.15, 0.2) is 0 Å². The van der Waals surface area contributed by atoms with Gasteiger partial charge in [-0.3, -0.25) is 4.72 Å². The first-order chi connectivity index (χ1) is 7.06. The highest BCUT2D eigenvalue weighted by atomic mass is 32.2. The minimum atomic E-state index is -3.19. The molecule has 0 bridgehead atoms. The molecule has 82 valence electrons. The molecule has 1 aliphatic rings. The van der Waals surface area contributed by atoms with E-state index in [1.807, 2.05) is 12.1 Å². The minimum absolute atomic E-state index is 0.696. The third-order valence-corrected chi connectivity index (χ3v) is 3.03. The van der Waals surface area contributed by atoms with Crippen LogP contribution in [0, 0.1) is 0 Å². The highest BCUT2D eigenvalue weighted by molar-refractivity contribution is 7.92. The van der Waals surface area contributed by atoms with Gasteiger partial charge in [0.2, 0.25) is 10.0 Å². The van der Waals surface area contributed by atoms with Crippen molar-refractivity contribution in [1.82, 2.24) is 5.32 Å². The summed E-state index contributed by atoms with van der Waals surface area (Å²) in [6.45, 7) is 1.68. The average Bonchev–Trinajstić information content (AvgIpc) is 2.16. The average molecular weight is 226 g/mol. The lowest BCUT2D eigenvalue weighted by molar-refractivity contribution is 0.606. The number of anilines is 1. The van der Waals surface area contributed by atoms with Crippen LogP contribution in [-0.4, -0.2) is 21.2 Å². The maximum atomic E-state index is 11.2. The number of rotatable bonds is 2. The van der Waals surface area contributed by atoms with Crippen LogP contribution >= 0.6 is 0 Å². The first-order valence-corrected chi connectivity index (χ1v) is 6.75. The number of hydrogen-bond donors (Lipinski definition) is 2. The zero-order valence-electron chi connectivity index (χ0n) is 8.58. The molecular weight excluding hydrogens is 212 g/mol. The SMILES string of the molecule is CS(=O)(=O)Nc1cccc2c1CNCC2. The van der Waals surface area contributed by atoms with E-state index in [0.29, 0.717) is 5.69 Å². The van der Waals surface area contributed by atoms with Crippen LogP contribution in [-0.2, 0) is 23.0 Å². The fourth-order valence-electron chi connectivity index (χ4n) is 1.81. The van der Waals surface area contributed by atoms with Crippen molar-refractivity contribution in [3.63, 3.8) is 0 Å². The van der Waals surface area contributed by atoms with Crippen molar-refractivity contribution in [3.8, 4) is 0 Å². The Kier molecular flexibility index (Phi) is 2.67. The van der Waals surface area contributed by atoms with E-state index in [0.717, 1.165) is 25.1 Å². The first-order valence-electron chi connectivity index (χ1n) is 4.85. The number of fused-ring (bicyclic) bond motifs is 1. The van der Waals surface area contributed by atoms with Crippen molar-refractivity contribution in [3.05, 3.63) is 29.3 Å². The second-order valence-electron chi connectivity index (χ2n) is 3.74. The standard InChI is InChI=1S/C10H14N2O2S/c1-15(13,14)12-10-4-2-3-8-5-6-11-7-9(8)10/h2-4,11-12H,5-7H2,1H3. The van der Waals surface area contributed by atoms with E-state index in [9.17, 15) is 8.42 Å². The Labute approximate surface area is 89.7 Å². The lowest BCUT2D eigenvalue weighted by atomic mass is 10.00. The van der Waals surface area contributed by atoms with Gasteiger partial charge in [-0.05, 0) is 30.2 Å². The number of benzene rings is 1. The van der Waals surface area contributed by atoms with Gasteiger partial charge < -0.3 is 5.32 Å². The normalized spacial score (nSPS) is 15.8. The molecule has 0 amide bonds. The maximum Gasteiger partial charge on any atom is 0.229 e. The van der Waals surface area contributed by atoms with Gasteiger partial charge in [-0.25, -0.2) is 8.42 Å². The summed E-state index contributed by atoms with van der Waals surface area (Å²) >= 11 is 0. The highest BCUT2D eigenvalue weighted by Crippen LogP contribution is 2.23. The van der Waals surface area contributed by atoms with Crippen LogP contribution in [0.25, 0.3) is 0 Å². The van der Waals surface area contributed by atoms with Crippen LogP contribution in [0.4, 0.5) is 5.69 Å². The molecule has 0 aliphatic carbocycles. The molecule has 1 aliphatic heterocycles. The smallest absolute Gasteiger partial charge is 0.229 e. The van der Waals surface area contributed by atoms with Gasteiger partial charge in [0.05, 0.1) is 11.9 Å². The maximum absolute atomic E-state index is 11.2. The molecule has 0 spiro atoms. The first kappa shape index (κ1) is 10.4. The van der Waals surface area contributed by atoms with Crippen molar-refractivity contribution in [2.75, 3.05) is 17.5 Å². The van der Waals surface area contributed by atoms with E-state index in [2.05, 4.69) is 10.0 Å². The molecule has 0 atom stereocenters. The number of nitrogens with one attached hydrogen (secondary N) is 2. The van der Waals surface area contributed by atoms with Gasteiger partial charge in [-0.2, -0.15) is 0 Å². The predicted octanol–water partition coefficient (Wildman–Crippen LogP) is 0.704. The predicted molar refractivity (Wildman–Crippen MR) is 60.3 cm³/mol. The molecule has 0 aromatic heterocycles. The summed E-state index contributed by atoms with van der Waals surface area (Å²) in [7, 11) is -3.19. The van der Waals surface area contributed by atoms with Gasteiger partial charge in [0.1, 0.15) is 0 Å². The van der Waals surface area contributed by atoms with Gasteiger partial charge in [-0.1, -0.05) is 12.1 Å². The number of hydrogen-bond acceptors (Lipinski definition) is 3. The van der Waals surface area contributed by atoms with Crippen LogP contribution in [0.3, 0.4) is 0 Å². The van der Waals surface area contributed by atoms with E-state index in [-0.39, 0.29) is 0 Å². The van der Waals surface area contributed by atoms with Crippen molar-refractivity contribution in [1.29, 1.82) is 0 Å². The van der Waals surface area contributed by atoms with E-state index in [1.54, 1.807) is 6.07 Å². The summed E-state index contributed by atoms with van der Waals surface area (Å²) < 4.78 is 24.9. The Morgan fingerprint density at radius 3 is 2.93 bits per heavy atom. The van der Waals surface area contributed by atoms with Crippen LogP contribution in [0.5, 0.6) is 0 Å². The van der Waals surface area contributed by atoms with Gasteiger partial charge in [0.25, 0.3) is 0 Å². The zero-order valence-corrected chi connectivity index (χ0v) is 9.39. The molecule has 0 unspecified atom stereocenters. The molecular formula is C10H14N2O2S. The second-order valence-corrected chi connectivity index (χ2v) is 5.49. The van der Waals surface area contributed by atoms with Crippen molar-refractivity contribution in [2.24, 2.45) is 0 Å². The monoisotopic (exact) mass is 226 g/mol. The molecule has 1 aromatic carbocycles. The molecule has 0 saturated carbocycles. The van der Waals surface area contributed by atoms with E-state index < -0.39 is 10.0 Å². The summed E-state index contributed by atoms with van der Waals surface area (Å²) in [5.41, 5.74) is 2.98. The molecule has 0 radical (unpaired) electrons. The Morgan fingerprint density at radius 2 is 2.20 bits per heavy atom. The second kappa shape index (κ2) is 3.83. The lowest BCUT2D eigenvalue weighted by Gasteiger charge is -2.20. The third-order valence-electron chi connectivity index (χ3n) is 2.44. The van der Waals surface area contributed by atoms with Gasteiger partial charge >= 0.3 is 0 Å². The summed E-state index contributed by atoms with van der Waals surface area (Å²) in [6, 6.07) is 5.73. The summed E-state index contributed by atoms with van der Waals surface area (Å²) in [5.74, 6) is 0. The fourth-order valence-corrected chi connectivity index (χ4v) is 2.40. The van der Waals surface area contributed by atoms with Crippen LogP contribution in [0.1, 0.15) is 11.1 Å². The van der Waals surface area contributed by atoms with Crippen LogP contribution in [0.15, 0.2) is 18.2 Å². The summed E-state index contributed by atoms with van der Waals surface area (Å²) in [4.78, 5) is 0. The van der Waals surface area contributed by atoms with Gasteiger partial charge in [-0.15, -0.1) is 0 Å². The molecule has 4 nitrogen and oxygen atoms in total. The molecule has 2 rings (SSSR count). The van der Waals surface area contributed by atoms with Crippen molar-refractivity contribution < 1.29 is 8.42 Å². The quantitative estimate of drug-likeness (QED) is 0.780. The highest BCUT2D eigenvalue weighted by Gasteiger charge is 2.14. The Balaban J connectivity index is 2.39. The molecule has 5 heteroatoms. The van der Waals surface area contributed by atoms with Crippen molar-refractivity contribution >= 4 is 15.7 Å². The summed E-state index contributed by atoms with van der Waals surface area (Å²) in [5, 5.41) is 3.23. The van der Waals surface area contributed by atoms with Crippen LogP contribution in [0.2, 0.25) is 0 Å². The van der Waals surface area contributed by atoms with Crippen LogP contribution < -0.4 is 10.0 Å². The molecule has 0 saturated heterocycles.